The molecule has 1 aromatic carbocycles. The van der Waals surface area contributed by atoms with Gasteiger partial charge in [0.1, 0.15) is 0 Å². The quantitative estimate of drug-likeness (QED) is 0.854. The Morgan fingerprint density at radius 3 is 2.94 bits per heavy atom. The summed E-state index contributed by atoms with van der Waals surface area (Å²) in [7, 11) is 1.96. The molecule has 1 aromatic heterocycles. The molecular formula is C14H17N3. The van der Waals surface area contributed by atoms with Gasteiger partial charge in [-0.3, -0.25) is 4.68 Å². The number of aryl methyl sites for hydroxylation is 1. The second-order valence-electron chi connectivity index (χ2n) is 4.64. The molecule has 3 rings (SSSR count). The molecule has 1 aliphatic heterocycles. The van der Waals surface area contributed by atoms with Gasteiger partial charge in [-0.15, -0.1) is 0 Å². The van der Waals surface area contributed by atoms with Crippen molar-refractivity contribution in [2.24, 2.45) is 7.05 Å². The van der Waals surface area contributed by atoms with Gasteiger partial charge in [-0.1, -0.05) is 24.3 Å². The number of nitrogens with one attached hydrogen (secondary N) is 1. The van der Waals surface area contributed by atoms with Crippen LogP contribution < -0.4 is 5.32 Å². The zero-order valence-corrected chi connectivity index (χ0v) is 10.1. The maximum absolute atomic E-state index is 4.26. The summed E-state index contributed by atoms with van der Waals surface area (Å²) in [5, 5.41) is 7.82. The highest BCUT2D eigenvalue weighted by Gasteiger charge is 2.19. The van der Waals surface area contributed by atoms with Gasteiger partial charge < -0.3 is 5.32 Å². The molecule has 3 heteroatoms. The average Bonchev–Trinajstić information content (AvgIpc) is 3.00. The summed E-state index contributed by atoms with van der Waals surface area (Å²) < 4.78 is 1.86. The Morgan fingerprint density at radius 1 is 1.35 bits per heavy atom. The van der Waals surface area contributed by atoms with E-state index in [1.54, 1.807) is 0 Å². The first kappa shape index (κ1) is 10.5. The van der Waals surface area contributed by atoms with Crippen molar-refractivity contribution in [3.05, 3.63) is 42.2 Å². The Hall–Kier alpha value is -1.61. The molecule has 1 atom stereocenters. The molecule has 2 heterocycles. The second-order valence-corrected chi connectivity index (χ2v) is 4.64. The summed E-state index contributed by atoms with van der Waals surface area (Å²) in [4.78, 5) is 0. The predicted molar refractivity (Wildman–Crippen MR) is 68.6 cm³/mol. The molecule has 1 N–H and O–H groups in total. The third-order valence-electron chi connectivity index (χ3n) is 3.41. The van der Waals surface area contributed by atoms with Crippen molar-refractivity contribution in [1.82, 2.24) is 15.1 Å². The number of aromatic nitrogens is 2. The van der Waals surface area contributed by atoms with Gasteiger partial charge in [0.15, 0.2) is 0 Å². The first-order valence-electron chi connectivity index (χ1n) is 6.16. The minimum atomic E-state index is 0.506. The first-order valence-corrected chi connectivity index (χ1v) is 6.16. The number of nitrogens with zero attached hydrogens (tertiary/aromatic N) is 2. The predicted octanol–water partition coefficient (Wildman–Crippen LogP) is 2.51. The summed E-state index contributed by atoms with van der Waals surface area (Å²) in [6.45, 7) is 1.13. The van der Waals surface area contributed by atoms with E-state index < -0.39 is 0 Å². The minimum absolute atomic E-state index is 0.506. The van der Waals surface area contributed by atoms with E-state index in [4.69, 9.17) is 0 Å². The van der Waals surface area contributed by atoms with Gasteiger partial charge in [0.05, 0.1) is 6.20 Å². The van der Waals surface area contributed by atoms with Crippen LogP contribution in [0.1, 0.15) is 24.4 Å². The molecule has 0 aliphatic carbocycles. The van der Waals surface area contributed by atoms with Crippen LogP contribution in [-0.2, 0) is 7.05 Å². The summed E-state index contributed by atoms with van der Waals surface area (Å²) >= 11 is 0. The van der Waals surface area contributed by atoms with Gasteiger partial charge in [-0.2, -0.15) is 5.10 Å². The van der Waals surface area contributed by atoms with Crippen molar-refractivity contribution in [2.45, 2.75) is 18.9 Å². The molecular weight excluding hydrogens is 210 g/mol. The SMILES string of the molecule is Cn1cc(-c2ccccc2C2CCCN2)cn1. The van der Waals surface area contributed by atoms with E-state index in [9.17, 15) is 0 Å². The van der Waals surface area contributed by atoms with Gasteiger partial charge in [0.25, 0.3) is 0 Å². The fourth-order valence-electron chi connectivity index (χ4n) is 2.57. The normalized spacial score (nSPS) is 19.7. The van der Waals surface area contributed by atoms with Crippen LogP contribution in [0.5, 0.6) is 0 Å². The van der Waals surface area contributed by atoms with E-state index >= 15 is 0 Å². The number of hydrogen-bond acceptors (Lipinski definition) is 2. The number of hydrogen-bond donors (Lipinski definition) is 1. The van der Waals surface area contributed by atoms with Gasteiger partial charge >= 0.3 is 0 Å². The van der Waals surface area contributed by atoms with Crippen molar-refractivity contribution in [1.29, 1.82) is 0 Å². The van der Waals surface area contributed by atoms with Crippen molar-refractivity contribution < 1.29 is 0 Å². The highest BCUT2D eigenvalue weighted by atomic mass is 15.2. The third kappa shape index (κ3) is 1.98. The van der Waals surface area contributed by atoms with E-state index in [1.807, 2.05) is 17.9 Å². The van der Waals surface area contributed by atoms with Crippen molar-refractivity contribution in [2.75, 3.05) is 6.54 Å². The molecule has 1 saturated heterocycles. The van der Waals surface area contributed by atoms with E-state index in [0.29, 0.717) is 6.04 Å². The Morgan fingerprint density at radius 2 is 2.24 bits per heavy atom. The lowest BCUT2D eigenvalue weighted by Gasteiger charge is -2.14. The zero-order chi connectivity index (χ0) is 11.7. The minimum Gasteiger partial charge on any atom is -0.310 e. The molecule has 3 nitrogen and oxygen atoms in total. The maximum atomic E-state index is 4.26. The molecule has 17 heavy (non-hydrogen) atoms. The lowest BCUT2D eigenvalue weighted by Crippen LogP contribution is -2.13. The molecule has 0 amide bonds. The molecule has 0 spiro atoms. The Bertz CT molecular complexity index is 510. The molecule has 1 aliphatic rings. The first-order chi connectivity index (χ1) is 8.34. The largest absolute Gasteiger partial charge is 0.310 e. The molecule has 0 bridgehead atoms. The number of rotatable bonds is 2. The standard InChI is InChI=1S/C14H17N3/c1-17-10-11(9-16-17)12-5-2-3-6-13(12)14-7-4-8-15-14/h2-3,5-6,9-10,14-15H,4,7-8H2,1H3. The molecule has 88 valence electrons. The fourth-order valence-corrected chi connectivity index (χ4v) is 2.57. The summed E-state index contributed by atoms with van der Waals surface area (Å²) in [6, 6.07) is 9.14. The van der Waals surface area contributed by atoms with Crippen molar-refractivity contribution in [3.63, 3.8) is 0 Å². The summed E-state index contributed by atoms with van der Waals surface area (Å²) in [6.07, 6.45) is 6.52. The van der Waals surface area contributed by atoms with Crippen LogP contribution in [0, 0.1) is 0 Å². The lowest BCUT2D eigenvalue weighted by molar-refractivity contribution is 0.649. The average molecular weight is 227 g/mol. The van der Waals surface area contributed by atoms with Gasteiger partial charge in [0.2, 0.25) is 0 Å². The van der Waals surface area contributed by atoms with Gasteiger partial charge in [-0.25, -0.2) is 0 Å². The molecule has 2 aromatic rings. The van der Waals surface area contributed by atoms with Crippen LogP contribution in [0.4, 0.5) is 0 Å². The molecule has 0 saturated carbocycles. The highest BCUT2D eigenvalue weighted by Crippen LogP contribution is 2.31. The van der Waals surface area contributed by atoms with E-state index in [0.717, 1.165) is 6.54 Å². The van der Waals surface area contributed by atoms with Crippen LogP contribution in [0.25, 0.3) is 11.1 Å². The monoisotopic (exact) mass is 227 g/mol. The summed E-state index contributed by atoms with van der Waals surface area (Å²) in [5.41, 5.74) is 3.91. The maximum Gasteiger partial charge on any atom is 0.0568 e. The van der Waals surface area contributed by atoms with E-state index in [2.05, 4.69) is 40.9 Å². The second kappa shape index (κ2) is 4.34. The van der Waals surface area contributed by atoms with Gasteiger partial charge in [0, 0.05) is 24.8 Å². The zero-order valence-electron chi connectivity index (χ0n) is 10.1. The fraction of sp³-hybridized carbons (Fsp3) is 0.357. The Balaban J connectivity index is 2.03. The smallest absolute Gasteiger partial charge is 0.0568 e. The lowest BCUT2D eigenvalue weighted by atomic mass is 9.96. The summed E-state index contributed by atoms with van der Waals surface area (Å²) in [5.74, 6) is 0. The van der Waals surface area contributed by atoms with Crippen molar-refractivity contribution in [3.8, 4) is 11.1 Å². The van der Waals surface area contributed by atoms with Crippen LogP contribution in [0.3, 0.4) is 0 Å². The van der Waals surface area contributed by atoms with Crippen LogP contribution in [0.2, 0.25) is 0 Å². The number of benzene rings is 1. The van der Waals surface area contributed by atoms with Crippen molar-refractivity contribution >= 4 is 0 Å². The van der Waals surface area contributed by atoms with Gasteiger partial charge in [-0.05, 0) is 30.5 Å². The highest BCUT2D eigenvalue weighted by molar-refractivity contribution is 5.66. The molecule has 0 radical (unpaired) electrons. The molecule has 1 fully saturated rings. The third-order valence-corrected chi connectivity index (χ3v) is 3.41. The Labute approximate surface area is 101 Å². The van der Waals surface area contributed by atoms with E-state index in [1.165, 1.54) is 29.5 Å². The van der Waals surface area contributed by atoms with E-state index in [-0.39, 0.29) is 0 Å². The topological polar surface area (TPSA) is 29.9 Å². The van der Waals surface area contributed by atoms with Crippen LogP contribution in [-0.4, -0.2) is 16.3 Å². The molecule has 1 unspecified atom stereocenters. The Kier molecular flexibility index (Phi) is 2.69. The van der Waals surface area contributed by atoms with Crippen LogP contribution in [0.15, 0.2) is 36.7 Å². The van der Waals surface area contributed by atoms with Crippen LogP contribution >= 0.6 is 0 Å².